The summed E-state index contributed by atoms with van der Waals surface area (Å²) >= 11 is 0. The highest BCUT2D eigenvalue weighted by molar-refractivity contribution is 5.70. The zero-order chi connectivity index (χ0) is 24.3. The molecule has 2 fully saturated rings. The maximum Gasteiger partial charge on any atom is 0.416 e. The molecule has 2 aromatic carbocycles. The first-order valence-corrected chi connectivity index (χ1v) is 11.8. The van der Waals surface area contributed by atoms with Gasteiger partial charge in [-0.2, -0.15) is 13.2 Å². The Balaban J connectivity index is 1.41. The molecular formula is C26H29F4NO3. The maximum atomic E-state index is 14.7. The lowest BCUT2D eigenvalue weighted by Crippen LogP contribution is -2.38. The molecule has 1 unspecified atom stereocenters. The van der Waals surface area contributed by atoms with E-state index in [1.54, 1.807) is 24.3 Å². The molecule has 0 spiro atoms. The number of benzene rings is 2. The van der Waals surface area contributed by atoms with Crippen molar-refractivity contribution in [3.05, 3.63) is 64.5 Å². The minimum absolute atomic E-state index is 0.0566. The van der Waals surface area contributed by atoms with E-state index in [0.717, 1.165) is 38.2 Å². The first kappa shape index (κ1) is 24.5. The summed E-state index contributed by atoms with van der Waals surface area (Å²) in [5, 5.41) is 9.22. The monoisotopic (exact) mass is 479 g/mol. The van der Waals surface area contributed by atoms with Crippen LogP contribution in [0, 0.1) is 11.7 Å². The summed E-state index contributed by atoms with van der Waals surface area (Å²) in [6.45, 7) is 1.29. The van der Waals surface area contributed by atoms with Gasteiger partial charge in [-0.1, -0.05) is 31.0 Å². The zero-order valence-electron chi connectivity index (χ0n) is 18.9. The number of likely N-dealkylation sites (tertiary alicyclic amines) is 1. The highest BCUT2D eigenvalue weighted by Gasteiger charge is 2.36. The number of rotatable bonds is 7. The lowest BCUT2D eigenvalue weighted by molar-refractivity contribution is -0.143. The molecule has 1 atom stereocenters. The number of piperidine rings is 1. The van der Waals surface area contributed by atoms with Crippen LogP contribution >= 0.6 is 0 Å². The molecule has 8 heteroatoms. The van der Waals surface area contributed by atoms with Crippen molar-refractivity contribution in [2.45, 2.75) is 63.8 Å². The number of aliphatic carboxylic acids is 1. The SMILES string of the molecule is O=C(O)C1CCCN(Cc2ccc(OCc3ccc(C4CCCC4)c(C(F)(F)F)c3)cc2F)C1. The van der Waals surface area contributed by atoms with E-state index in [9.17, 15) is 27.5 Å². The summed E-state index contributed by atoms with van der Waals surface area (Å²) in [7, 11) is 0. The molecule has 0 amide bonds. The second-order valence-corrected chi connectivity index (χ2v) is 9.36. The molecule has 1 saturated carbocycles. The van der Waals surface area contributed by atoms with Crippen molar-refractivity contribution in [1.82, 2.24) is 4.90 Å². The molecule has 34 heavy (non-hydrogen) atoms. The molecule has 0 bridgehead atoms. The van der Waals surface area contributed by atoms with E-state index in [4.69, 9.17) is 4.74 Å². The fourth-order valence-electron chi connectivity index (χ4n) is 5.09. The van der Waals surface area contributed by atoms with Gasteiger partial charge in [0, 0.05) is 24.7 Å². The van der Waals surface area contributed by atoms with Crippen LogP contribution in [0.15, 0.2) is 36.4 Å². The molecule has 4 rings (SSSR count). The van der Waals surface area contributed by atoms with Crippen LogP contribution < -0.4 is 4.74 Å². The number of hydrogen-bond donors (Lipinski definition) is 1. The molecule has 1 aliphatic heterocycles. The summed E-state index contributed by atoms with van der Waals surface area (Å²) in [4.78, 5) is 13.2. The van der Waals surface area contributed by atoms with Gasteiger partial charge in [-0.15, -0.1) is 0 Å². The van der Waals surface area contributed by atoms with Crippen LogP contribution in [0.4, 0.5) is 17.6 Å². The smallest absolute Gasteiger partial charge is 0.416 e. The molecule has 0 radical (unpaired) electrons. The normalized spacial score (nSPS) is 19.9. The average Bonchev–Trinajstić information content (AvgIpc) is 3.33. The Morgan fingerprint density at radius 1 is 1.06 bits per heavy atom. The lowest BCUT2D eigenvalue weighted by atomic mass is 9.91. The molecule has 4 nitrogen and oxygen atoms in total. The summed E-state index contributed by atoms with van der Waals surface area (Å²) in [5.74, 6) is -1.59. The highest BCUT2D eigenvalue weighted by Crippen LogP contribution is 2.42. The third-order valence-electron chi connectivity index (χ3n) is 6.90. The number of carboxylic acids is 1. The van der Waals surface area contributed by atoms with Gasteiger partial charge in [0.1, 0.15) is 18.2 Å². The molecule has 2 aliphatic rings. The quantitative estimate of drug-likeness (QED) is 0.469. The summed E-state index contributed by atoms with van der Waals surface area (Å²) in [5.41, 5.74) is 0.556. The van der Waals surface area contributed by atoms with Crippen LogP contribution in [-0.4, -0.2) is 29.1 Å². The van der Waals surface area contributed by atoms with Crippen molar-refractivity contribution >= 4 is 5.97 Å². The Morgan fingerprint density at radius 3 is 2.50 bits per heavy atom. The number of hydrogen-bond acceptors (Lipinski definition) is 3. The fourth-order valence-corrected chi connectivity index (χ4v) is 5.09. The molecule has 2 aromatic rings. The van der Waals surface area contributed by atoms with Crippen molar-refractivity contribution in [2.75, 3.05) is 13.1 Å². The minimum Gasteiger partial charge on any atom is -0.489 e. The van der Waals surface area contributed by atoms with Gasteiger partial charge >= 0.3 is 12.1 Å². The van der Waals surface area contributed by atoms with Crippen molar-refractivity contribution < 1.29 is 32.2 Å². The van der Waals surface area contributed by atoms with Gasteiger partial charge in [0.15, 0.2) is 0 Å². The van der Waals surface area contributed by atoms with Gasteiger partial charge in [-0.25, -0.2) is 4.39 Å². The Morgan fingerprint density at radius 2 is 1.82 bits per heavy atom. The first-order chi connectivity index (χ1) is 16.2. The van der Waals surface area contributed by atoms with Crippen LogP contribution in [0.1, 0.15) is 66.7 Å². The Bertz CT molecular complexity index is 1020. The molecule has 1 heterocycles. The van der Waals surface area contributed by atoms with Crippen molar-refractivity contribution in [3.8, 4) is 5.75 Å². The van der Waals surface area contributed by atoms with Gasteiger partial charge in [0.05, 0.1) is 11.5 Å². The molecule has 1 N–H and O–H groups in total. The largest absolute Gasteiger partial charge is 0.489 e. The van der Waals surface area contributed by atoms with Crippen LogP contribution in [-0.2, 0) is 24.1 Å². The number of alkyl halides is 3. The van der Waals surface area contributed by atoms with E-state index in [1.165, 1.54) is 6.07 Å². The molecular weight excluding hydrogens is 450 g/mol. The van der Waals surface area contributed by atoms with Crippen LogP contribution in [0.5, 0.6) is 5.75 Å². The topological polar surface area (TPSA) is 49.8 Å². The molecule has 1 saturated heterocycles. The Labute approximate surface area is 196 Å². The number of ether oxygens (including phenoxy) is 1. The molecule has 1 aliphatic carbocycles. The standard InChI is InChI=1S/C26H29F4NO3/c27-24-13-21(9-8-19(24)14-31-11-3-6-20(15-31)25(32)33)34-16-17-7-10-22(18-4-1-2-5-18)23(12-17)26(28,29)30/h7-10,12-13,18,20H,1-6,11,14-16H2,(H,32,33). The van der Waals surface area contributed by atoms with Gasteiger partial charge in [-0.05, 0) is 61.4 Å². The minimum atomic E-state index is -4.43. The number of carbonyl (C=O) groups is 1. The van der Waals surface area contributed by atoms with E-state index in [-0.39, 0.29) is 18.3 Å². The van der Waals surface area contributed by atoms with Gasteiger partial charge in [0.25, 0.3) is 0 Å². The number of nitrogens with zero attached hydrogens (tertiary/aromatic N) is 1. The van der Waals surface area contributed by atoms with Crippen molar-refractivity contribution in [3.63, 3.8) is 0 Å². The Hall–Kier alpha value is -2.61. The third kappa shape index (κ3) is 5.90. The second-order valence-electron chi connectivity index (χ2n) is 9.36. The molecule has 0 aromatic heterocycles. The lowest BCUT2D eigenvalue weighted by Gasteiger charge is -2.30. The summed E-state index contributed by atoms with van der Waals surface area (Å²) in [6.07, 6.45) is 0.393. The van der Waals surface area contributed by atoms with E-state index in [0.29, 0.717) is 42.7 Å². The van der Waals surface area contributed by atoms with E-state index < -0.39 is 29.4 Å². The number of carboxylic acid groups (broad SMARTS) is 1. The predicted molar refractivity (Wildman–Crippen MR) is 119 cm³/mol. The van der Waals surface area contributed by atoms with Crippen LogP contribution in [0.3, 0.4) is 0 Å². The fraction of sp³-hybridized carbons (Fsp3) is 0.500. The predicted octanol–water partition coefficient (Wildman–Crippen LogP) is 6.38. The first-order valence-electron chi connectivity index (χ1n) is 11.8. The average molecular weight is 480 g/mol. The number of halogens is 4. The zero-order valence-corrected chi connectivity index (χ0v) is 18.9. The van der Waals surface area contributed by atoms with Gasteiger partial charge in [0.2, 0.25) is 0 Å². The second kappa shape index (κ2) is 10.3. The van der Waals surface area contributed by atoms with Gasteiger partial charge in [-0.3, -0.25) is 9.69 Å². The van der Waals surface area contributed by atoms with E-state index in [2.05, 4.69) is 0 Å². The van der Waals surface area contributed by atoms with Gasteiger partial charge < -0.3 is 9.84 Å². The van der Waals surface area contributed by atoms with Crippen molar-refractivity contribution in [2.24, 2.45) is 5.92 Å². The van der Waals surface area contributed by atoms with Crippen molar-refractivity contribution in [1.29, 1.82) is 0 Å². The van der Waals surface area contributed by atoms with Crippen LogP contribution in [0.25, 0.3) is 0 Å². The highest BCUT2D eigenvalue weighted by atomic mass is 19.4. The summed E-state index contributed by atoms with van der Waals surface area (Å²) in [6, 6.07) is 8.76. The van der Waals surface area contributed by atoms with E-state index in [1.807, 2.05) is 4.90 Å². The third-order valence-corrected chi connectivity index (χ3v) is 6.90. The molecule has 184 valence electrons. The Kier molecular flexibility index (Phi) is 7.45. The van der Waals surface area contributed by atoms with E-state index >= 15 is 0 Å². The summed E-state index contributed by atoms with van der Waals surface area (Å²) < 4.78 is 61.3. The maximum absolute atomic E-state index is 14.7. The van der Waals surface area contributed by atoms with Crippen LogP contribution in [0.2, 0.25) is 0 Å².